The van der Waals surface area contributed by atoms with E-state index in [1.807, 2.05) is 0 Å². The Morgan fingerprint density at radius 3 is 3.19 bits per heavy atom. The highest BCUT2D eigenvalue weighted by molar-refractivity contribution is 5.90. The number of nitriles is 1. The summed E-state index contributed by atoms with van der Waals surface area (Å²) in [5, 5.41) is 11.7. The molecule has 0 saturated carbocycles. The average Bonchev–Trinajstić information content (AvgIpc) is 2.53. The summed E-state index contributed by atoms with van der Waals surface area (Å²) in [7, 11) is 0. The van der Waals surface area contributed by atoms with E-state index in [1.165, 1.54) is 0 Å². The van der Waals surface area contributed by atoms with Gasteiger partial charge in [-0.25, -0.2) is 0 Å². The Bertz CT molecular complexity index is 524. The van der Waals surface area contributed by atoms with Gasteiger partial charge in [-0.15, -0.1) is 0 Å². The van der Waals surface area contributed by atoms with Crippen molar-refractivity contribution < 1.29 is 9.53 Å². The van der Waals surface area contributed by atoms with Gasteiger partial charge in [-0.3, -0.25) is 9.69 Å². The van der Waals surface area contributed by atoms with E-state index in [4.69, 9.17) is 10.00 Å². The summed E-state index contributed by atoms with van der Waals surface area (Å²) in [5.41, 5.74) is 1.22. The fourth-order valence-electron chi connectivity index (χ4n) is 2.49. The Labute approximate surface area is 125 Å². The molecule has 0 radical (unpaired) electrons. The SMILES string of the molecule is CCC1COCCN1CCC(=O)Nc1cccc(C#N)c1. The van der Waals surface area contributed by atoms with Crippen molar-refractivity contribution in [2.75, 3.05) is 31.6 Å². The van der Waals surface area contributed by atoms with Crippen molar-refractivity contribution in [3.63, 3.8) is 0 Å². The van der Waals surface area contributed by atoms with E-state index in [9.17, 15) is 4.79 Å². The summed E-state index contributed by atoms with van der Waals surface area (Å²) in [6.07, 6.45) is 1.49. The maximum Gasteiger partial charge on any atom is 0.225 e. The van der Waals surface area contributed by atoms with Crippen LogP contribution in [0.5, 0.6) is 0 Å². The second-order valence-corrected chi connectivity index (χ2v) is 5.16. The minimum atomic E-state index is -0.0218. The van der Waals surface area contributed by atoms with Crippen LogP contribution in [0.2, 0.25) is 0 Å². The molecule has 1 atom stereocenters. The summed E-state index contributed by atoms with van der Waals surface area (Å²) < 4.78 is 5.46. The van der Waals surface area contributed by atoms with Gasteiger partial charge in [0.1, 0.15) is 0 Å². The third-order valence-electron chi connectivity index (χ3n) is 3.72. The predicted octanol–water partition coefficient (Wildman–Crippen LogP) is 2.00. The molecule has 2 rings (SSSR count). The van der Waals surface area contributed by atoms with Crippen LogP contribution in [0, 0.1) is 11.3 Å². The number of ether oxygens (including phenoxy) is 1. The van der Waals surface area contributed by atoms with Gasteiger partial charge < -0.3 is 10.1 Å². The number of amides is 1. The van der Waals surface area contributed by atoms with Gasteiger partial charge in [0.25, 0.3) is 0 Å². The quantitative estimate of drug-likeness (QED) is 0.899. The highest BCUT2D eigenvalue weighted by Crippen LogP contribution is 2.12. The van der Waals surface area contributed by atoms with E-state index in [2.05, 4.69) is 23.2 Å². The summed E-state index contributed by atoms with van der Waals surface area (Å²) in [4.78, 5) is 14.3. The van der Waals surface area contributed by atoms with Crippen LogP contribution in [-0.4, -0.2) is 43.2 Å². The third kappa shape index (κ3) is 4.55. The number of carbonyl (C=O) groups excluding carboxylic acids is 1. The zero-order chi connectivity index (χ0) is 15.1. The van der Waals surface area contributed by atoms with E-state index in [1.54, 1.807) is 24.3 Å². The third-order valence-corrected chi connectivity index (χ3v) is 3.72. The fourth-order valence-corrected chi connectivity index (χ4v) is 2.49. The van der Waals surface area contributed by atoms with Crippen LogP contribution < -0.4 is 5.32 Å². The molecule has 5 heteroatoms. The normalized spacial score (nSPS) is 19.0. The van der Waals surface area contributed by atoms with Crippen LogP contribution in [0.4, 0.5) is 5.69 Å². The molecule has 1 unspecified atom stereocenters. The van der Waals surface area contributed by atoms with E-state index in [-0.39, 0.29) is 5.91 Å². The number of carbonyl (C=O) groups is 1. The molecular formula is C16H21N3O2. The minimum absolute atomic E-state index is 0.0218. The molecule has 112 valence electrons. The first-order valence-electron chi connectivity index (χ1n) is 7.34. The van der Waals surface area contributed by atoms with Crippen LogP contribution in [0.25, 0.3) is 0 Å². The maximum atomic E-state index is 12.0. The van der Waals surface area contributed by atoms with Crippen LogP contribution in [-0.2, 0) is 9.53 Å². The Kier molecular flexibility index (Phi) is 5.73. The van der Waals surface area contributed by atoms with Gasteiger partial charge in [-0.05, 0) is 24.6 Å². The van der Waals surface area contributed by atoms with Crippen LogP contribution >= 0.6 is 0 Å². The van der Waals surface area contributed by atoms with Crippen LogP contribution in [0.1, 0.15) is 25.3 Å². The summed E-state index contributed by atoms with van der Waals surface area (Å²) >= 11 is 0. The molecule has 1 saturated heterocycles. The van der Waals surface area contributed by atoms with Crippen LogP contribution in [0.3, 0.4) is 0 Å². The second-order valence-electron chi connectivity index (χ2n) is 5.16. The van der Waals surface area contributed by atoms with Crippen molar-refractivity contribution >= 4 is 11.6 Å². The highest BCUT2D eigenvalue weighted by atomic mass is 16.5. The topological polar surface area (TPSA) is 65.4 Å². The molecule has 0 spiro atoms. The molecule has 21 heavy (non-hydrogen) atoms. The van der Waals surface area contributed by atoms with E-state index >= 15 is 0 Å². The van der Waals surface area contributed by atoms with Crippen molar-refractivity contribution in [1.29, 1.82) is 5.26 Å². The lowest BCUT2D eigenvalue weighted by molar-refractivity contribution is -0.117. The van der Waals surface area contributed by atoms with Crippen molar-refractivity contribution in [2.45, 2.75) is 25.8 Å². The van der Waals surface area contributed by atoms with Gasteiger partial charge in [0.05, 0.1) is 24.8 Å². The molecule has 1 aliphatic heterocycles. The first kappa shape index (κ1) is 15.5. The zero-order valence-corrected chi connectivity index (χ0v) is 12.3. The minimum Gasteiger partial charge on any atom is -0.378 e. The van der Waals surface area contributed by atoms with Gasteiger partial charge in [-0.1, -0.05) is 13.0 Å². The van der Waals surface area contributed by atoms with Crippen molar-refractivity contribution in [3.05, 3.63) is 29.8 Å². The largest absolute Gasteiger partial charge is 0.378 e. The molecular weight excluding hydrogens is 266 g/mol. The van der Waals surface area contributed by atoms with Crippen molar-refractivity contribution in [2.24, 2.45) is 0 Å². The molecule has 0 aliphatic carbocycles. The molecule has 5 nitrogen and oxygen atoms in total. The van der Waals surface area contributed by atoms with Crippen LogP contribution in [0.15, 0.2) is 24.3 Å². The summed E-state index contributed by atoms with van der Waals surface area (Å²) in [6.45, 7) is 5.26. The van der Waals surface area contributed by atoms with E-state index in [0.717, 1.165) is 32.7 Å². The number of anilines is 1. The Hall–Kier alpha value is -1.90. The van der Waals surface area contributed by atoms with Gasteiger partial charge in [-0.2, -0.15) is 5.26 Å². The second kappa shape index (κ2) is 7.77. The first-order valence-corrected chi connectivity index (χ1v) is 7.34. The smallest absolute Gasteiger partial charge is 0.225 e. The molecule has 0 aromatic heterocycles. The molecule has 1 N–H and O–H groups in total. The molecule has 1 heterocycles. The standard InChI is InChI=1S/C16H21N3O2/c1-2-15-12-21-9-8-19(15)7-6-16(20)18-14-5-3-4-13(10-14)11-17/h3-5,10,15H,2,6-9,12H2,1H3,(H,18,20). The zero-order valence-electron chi connectivity index (χ0n) is 12.3. The monoisotopic (exact) mass is 287 g/mol. The van der Waals surface area contributed by atoms with Gasteiger partial charge >= 0.3 is 0 Å². The number of nitrogens with zero attached hydrogens (tertiary/aromatic N) is 2. The number of morpholine rings is 1. The van der Waals surface area contributed by atoms with Crippen molar-refractivity contribution in [1.82, 2.24) is 4.90 Å². The van der Waals surface area contributed by atoms with Gasteiger partial charge in [0, 0.05) is 31.2 Å². The number of nitrogens with one attached hydrogen (secondary N) is 1. The lowest BCUT2D eigenvalue weighted by atomic mass is 10.1. The molecule has 0 bridgehead atoms. The molecule has 1 fully saturated rings. The van der Waals surface area contributed by atoms with Gasteiger partial charge in [0.2, 0.25) is 5.91 Å². The number of benzene rings is 1. The van der Waals surface area contributed by atoms with E-state index < -0.39 is 0 Å². The Balaban J connectivity index is 1.83. The Morgan fingerprint density at radius 2 is 2.43 bits per heavy atom. The maximum absolute atomic E-state index is 12.0. The van der Waals surface area contributed by atoms with E-state index in [0.29, 0.717) is 23.7 Å². The molecule has 1 amide bonds. The Morgan fingerprint density at radius 1 is 1.57 bits per heavy atom. The first-order chi connectivity index (χ1) is 10.2. The molecule has 1 aliphatic rings. The fraction of sp³-hybridized carbons (Fsp3) is 0.500. The lowest BCUT2D eigenvalue weighted by Crippen LogP contribution is -2.46. The molecule has 1 aromatic carbocycles. The number of rotatable bonds is 5. The average molecular weight is 287 g/mol. The lowest BCUT2D eigenvalue weighted by Gasteiger charge is -2.34. The predicted molar refractivity (Wildman–Crippen MR) is 80.9 cm³/mol. The molecule has 1 aromatic rings. The summed E-state index contributed by atoms with van der Waals surface area (Å²) in [6, 6.07) is 9.44. The number of hydrogen-bond acceptors (Lipinski definition) is 4. The highest BCUT2D eigenvalue weighted by Gasteiger charge is 2.21. The summed E-state index contributed by atoms with van der Waals surface area (Å²) in [5.74, 6) is -0.0218. The van der Waals surface area contributed by atoms with Crippen molar-refractivity contribution in [3.8, 4) is 6.07 Å². The number of hydrogen-bond donors (Lipinski definition) is 1. The van der Waals surface area contributed by atoms with Gasteiger partial charge in [0.15, 0.2) is 0 Å².